The van der Waals surface area contributed by atoms with Gasteiger partial charge in [-0.2, -0.15) is 0 Å². The maximum atomic E-state index is 13.6. The molecule has 1 aliphatic rings. The van der Waals surface area contributed by atoms with Crippen LogP contribution < -0.4 is 5.73 Å². The van der Waals surface area contributed by atoms with Gasteiger partial charge in [0.15, 0.2) is 8.32 Å². The average Bonchev–Trinajstić information content (AvgIpc) is 3.15. The summed E-state index contributed by atoms with van der Waals surface area (Å²) >= 11 is 0. The highest BCUT2D eigenvalue weighted by Crippen LogP contribution is 2.44. The SMILES string of the molecule is CC(C)(C)OC(=O)N1C(Cc2ccc(N)cc2)CCC1C(O[Si](C)(C)C(C)(C)C)c1cccnc1. The van der Waals surface area contributed by atoms with Gasteiger partial charge in [-0.3, -0.25) is 9.88 Å². The van der Waals surface area contributed by atoms with Crippen LogP contribution in [-0.2, 0) is 15.6 Å². The summed E-state index contributed by atoms with van der Waals surface area (Å²) in [6, 6.07) is 11.8. The predicted octanol–water partition coefficient (Wildman–Crippen LogP) is 6.74. The monoisotopic (exact) mass is 497 g/mol. The first-order chi connectivity index (χ1) is 16.2. The summed E-state index contributed by atoms with van der Waals surface area (Å²) in [6.45, 7) is 17.0. The number of hydrogen-bond donors (Lipinski definition) is 1. The van der Waals surface area contributed by atoms with Gasteiger partial charge in [0.05, 0.1) is 12.1 Å². The third kappa shape index (κ3) is 6.85. The van der Waals surface area contributed by atoms with Crippen molar-refractivity contribution in [2.24, 2.45) is 0 Å². The molecular formula is C28H43N3O3Si. The Bertz CT molecular complexity index is 981. The molecule has 35 heavy (non-hydrogen) atoms. The van der Waals surface area contributed by atoms with E-state index in [1.54, 1.807) is 6.20 Å². The summed E-state index contributed by atoms with van der Waals surface area (Å²) in [5.74, 6) is 0. The molecule has 1 aromatic heterocycles. The molecule has 0 saturated carbocycles. The quantitative estimate of drug-likeness (QED) is 0.353. The van der Waals surface area contributed by atoms with E-state index in [0.29, 0.717) is 0 Å². The van der Waals surface area contributed by atoms with Gasteiger partial charge in [-0.15, -0.1) is 0 Å². The number of likely N-dealkylation sites (tertiary alicyclic amines) is 1. The summed E-state index contributed by atoms with van der Waals surface area (Å²) in [5, 5.41) is 0.0339. The molecule has 1 aromatic carbocycles. The van der Waals surface area contributed by atoms with Crippen LogP contribution in [0.1, 0.15) is 71.6 Å². The average molecular weight is 498 g/mol. The standard InChI is InChI=1S/C28H43N3O3Si/c1-27(2,3)33-26(32)31-23(18-20-11-13-22(29)14-12-20)15-16-24(31)25(21-10-9-17-30-19-21)34-35(7,8)28(4,5)6/h9-14,17,19,23-25H,15-16,18,29H2,1-8H3. The molecule has 2 N–H and O–H groups in total. The van der Waals surface area contributed by atoms with Crippen molar-refractivity contribution in [1.82, 2.24) is 9.88 Å². The fourth-order valence-electron chi connectivity index (χ4n) is 4.34. The second-order valence-electron chi connectivity index (χ2n) is 12.2. The molecule has 3 unspecified atom stereocenters. The lowest BCUT2D eigenvalue weighted by molar-refractivity contribution is -0.00243. The van der Waals surface area contributed by atoms with Crippen molar-refractivity contribution in [1.29, 1.82) is 0 Å². The molecule has 0 aliphatic carbocycles. The van der Waals surface area contributed by atoms with Crippen molar-refractivity contribution in [3.63, 3.8) is 0 Å². The molecule has 1 saturated heterocycles. The maximum Gasteiger partial charge on any atom is 0.410 e. The van der Waals surface area contributed by atoms with Gasteiger partial charge in [0.25, 0.3) is 0 Å². The first kappa shape index (κ1) is 27.2. The van der Waals surface area contributed by atoms with Gasteiger partial charge >= 0.3 is 6.09 Å². The Morgan fingerprint density at radius 3 is 2.31 bits per heavy atom. The van der Waals surface area contributed by atoms with E-state index in [0.717, 1.165) is 36.1 Å². The molecule has 6 nitrogen and oxygen atoms in total. The van der Waals surface area contributed by atoms with Gasteiger partial charge in [-0.25, -0.2) is 4.79 Å². The molecule has 3 atom stereocenters. The Hall–Kier alpha value is -2.38. The van der Waals surface area contributed by atoms with E-state index in [2.05, 4.69) is 44.9 Å². The molecule has 2 heterocycles. The highest BCUT2D eigenvalue weighted by atomic mass is 28.4. The van der Waals surface area contributed by atoms with Gasteiger partial charge in [0.2, 0.25) is 0 Å². The zero-order valence-corrected chi connectivity index (χ0v) is 23.7. The molecule has 1 amide bonds. The zero-order chi connectivity index (χ0) is 26.0. The lowest BCUT2D eigenvalue weighted by atomic mass is 10.0. The minimum absolute atomic E-state index is 0.0145. The van der Waals surface area contributed by atoms with Crippen LogP contribution in [-0.4, -0.2) is 42.0 Å². The number of rotatable bonds is 6. The van der Waals surface area contributed by atoms with Crippen molar-refractivity contribution in [3.05, 3.63) is 59.9 Å². The van der Waals surface area contributed by atoms with Crippen molar-refractivity contribution in [2.75, 3.05) is 5.73 Å². The number of nitrogens with zero attached hydrogens (tertiary/aromatic N) is 2. The molecule has 7 heteroatoms. The number of carbonyl (C=O) groups excluding carboxylic acids is 1. The van der Waals surface area contributed by atoms with Gasteiger partial charge in [0.1, 0.15) is 5.60 Å². The minimum atomic E-state index is -2.15. The number of benzene rings is 1. The van der Waals surface area contributed by atoms with E-state index in [1.807, 2.05) is 62.2 Å². The fourth-order valence-corrected chi connectivity index (χ4v) is 5.62. The molecule has 0 radical (unpaired) electrons. The highest BCUT2D eigenvalue weighted by molar-refractivity contribution is 6.74. The smallest absolute Gasteiger partial charge is 0.410 e. The van der Waals surface area contributed by atoms with Crippen LogP contribution in [0.4, 0.5) is 10.5 Å². The van der Waals surface area contributed by atoms with Gasteiger partial charge in [-0.1, -0.05) is 39.0 Å². The normalized spacial score (nSPS) is 20.1. The number of ether oxygens (including phenoxy) is 1. The molecule has 0 spiro atoms. The van der Waals surface area contributed by atoms with E-state index >= 15 is 0 Å². The van der Waals surface area contributed by atoms with Crippen molar-refractivity contribution >= 4 is 20.1 Å². The Kier molecular flexibility index (Phi) is 8.01. The number of amides is 1. The number of nitrogens with two attached hydrogens (primary N) is 1. The lowest BCUT2D eigenvalue weighted by Crippen LogP contribution is -2.50. The van der Waals surface area contributed by atoms with Crippen LogP contribution in [0.2, 0.25) is 18.1 Å². The highest BCUT2D eigenvalue weighted by Gasteiger charge is 2.47. The number of aromatic nitrogens is 1. The molecule has 2 aromatic rings. The first-order valence-corrected chi connectivity index (χ1v) is 15.5. The minimum Gasteiger partial charge on any atom is -0.444 e. The number of anilines is 1. The molecule has 192 valence electrons. The fraction of sp³-hybridized carbons (Fsp3) is 0.571. The van der Waals surface area contributed by atoms with Crippen LogP contribution in [0.25, 0.3) is 0 Å². The summed E-state index contributed by atoms with van der Waals surface area (Å²) in [4.78, 5) is 20.0. The van der Waals surface area contributed by atoms with E-state index < -0.39 is 13.9 Å². The number of carbonyl (C=O) groups is 1. The van der Waals surface area contributed by atoms with Crippen molar-refractivity contribution in [2.45, 2.75) is 103 Å². The van der Waals surface area contributed by atoms with Crippen LogP contribution >= 0.6 is 0 Å². The second kappa shape index (κ2) is 10.3. The van der Waals surface area contributed by atoms with Crippen LogP contribution in [0.15, 0.2) is 48.8 Å². The van der Waals surface area contributed by atoms with Gasteiger partial charge in [-0.05, 0) is 87.5 Å². The van der Waals surface area contributed by atoms with E-state index in [9.17, 15) is 4.79 Å². The Morgan fingerprint density at radius 1 is 1.11 bits per heavy atom. The van der Waals surface area contributed by atoms with E-state index in [4.69, 9.17) is 14.9 Å². The maximum absolute atomic E-state index is 13.6. The summed E-state index contributed by atoms with van der Waals surface area (Å²) in [7, 11) is -2.15. The van der Waals surface area contributed by atoms with Crippen LogP contribution in [0.5, 0.6) is 0 Å². The first-order valence-electron chi connectivity index (χ1n) is 12.6. The molecular weight excluding hydrogens is 454 g/mol. The van der Waals surface area contributed by atoms with Crippen molar-refractivity contribution < 1.29 is 14.0 Å². The third-order valence-corrected chi connectivity index (χ3v) is 11.6. The lowest BCUT2D eigenvalue weighted by Gasteiger charge is -2.43. The van der Waals surface area contributed by atoms with E-state index in [1.165, 1.54) is 0 Å². The van der Waals surface area contributed by atoms with Gasteiger partial charge < -0.3 is 14.9 Å². The molecule has 1 aliphatic heterocycles. The predicted molar refractivity (Wildman–Crippen MR) is 145 cm³/mol. The number of nitrogen functional groups attached to an aromatic ring is 1. The van der Waals surface area contributed by atoms with Crippen LogP contribution in [0.3, 0.4) is 0 Å². The largest absolute Gasteiger partial charge is 0.444 e. The van der Waals surface area contributed by atoms with Crippen molar-refractivity contribution in [3.8, 4) is 0 Å². The number of pyridine rings is 1. The Balaban J connectivity index is 2.00. The van der Waals surface area contributed by atoms with Crippen LogP contribution in [0, 0.1) is 0 Å². The summed E-state index contributed by atoms with van der Waals surface area (Å²) in [5.41, 5.74) is 8.21. The number of hydrogen-bond acceptors (Lipinski definition) is 5. The summed E-state index contributed by atoms with van der Waals surface area (Å²) < 4.78 is 13.0. The molecule has 0 bridgehead atoms. The molecule has 1 fully saturated rings. The van der Waals surface area contributed by atoms with E-state index in [-0.39, 0.29) is 29.3 Å². The Morgan fingerprint density at radius 2 is 1.77 bits per heavy atom. The topological polar surface area (TPSA) is 77.7 Å². The molecule has 3 rings (SSSR count). The Labute approximate surface area is 212 Å². The third-order valence-electron chi connectivity index (χ3n) is 7.19. The zero-order valence-electron chi connectivity index (χ0n) is 22.7. The van der Waals surface area contributed by atoms with Gasteiger partial charge in [0, 0.05) is 24.1 Å². The summed E-state index contributed by atoms with van der Waals surface area (Å²) in [6.07, 6.45) is 5.56. The second-order valence-corrected chi connectivity index (χ2v) is 17.0.